The van der Waals surface area contributed by atoms with Crippen molar-refractivity contribution < 1.29 is 9.53 Å². The molecule has 23 heavy (non-hydrogen) atoms. The molecule has 0 radical (unpaired) electrons. The molecule has 4 nitrogen and oxygen atoms in total. The number of hydrogen-bond acceptors (Lipinski definition) is 3. The van der Waals surface area contributed by atoms with Crippen LogP contribution in [0.15, 0.2) is 66.9 Å². The Labute approximate surface area is 132 Å². The molecule has 112 valence electrons. The van der Waals surface area contributed by atoms with Gasteiger partial charge in [0.15, 0.2) is 5.69 Å². The number of pyridine rings is 1. The van der Waals surface area contributed by atoms with Crippen molar-refractivity contribution in [3.63, 3.8) is 0 Å². The van der Waals surface area contributed by atoms with Gasteiger partial charge in [0.2, 0.25) is 0 Å². The highest BCUT2D eigenvalue weighted by Crippen LogP contribution is 2.32. The highest BCUT2D eigenvalue weighted by Gasteiger charge is 2.18. The van der Waals surface area contributed by atoms with Gasteiger partial charge in [0, 0.05) is 17.0 Å². The predicted molar refractivity (Wildman–Crippen MR) is 89.9 cm³/mol. The van der Waals surface area contributed by atoms with Gasteiger partial charge in [0.05, 0.1) is 23.8 Å². The molecule has 2 heterocycles. The number of methoxy groups -OCH3 is 1. The molecule has 0 aliphatic heterocycles. The predicted octanol–water partition coefficient (Wildman–Crippen LogP) is 3.97. The summed E-state index contributed by atoms with van der Waals surface area (Å²) in [6.45, 7) is 0. The van der Waals surface area contributed by atoms with Crippen molar-refractivity contribution in [2.45, 2.75) is 0 Å². The fourth-order valence-electron chi connectivity index (χ4n) is 3.01. The fourth-order valence-corrected chi connectivity index (χ4v) is 3.01. The van der Waals surface area contributed by atoms with Crippen LogP contribution in [0.4, 0.5) is 0 Å². The van der Waals surface area contributed by atoms with Crippen LogP contribution in [0.2, 0.25) is 0 Å². The minimum absolute atomic E-state index is 0.307. The Balaban J connectivity index is 2.16. The maximum atomic E-state index is 12.1. The largest absolute Gasteiger partial charge is 0.464 e. The van der Waals surface area contributed by atoms with Gasteiger partial charge < -0.3 is 9.30 Å². The lowest BCUT2D eigenvalue weighted by molar-refractivity contribution is 0.0594. The average molecular weight is 302 g/mol. The second-order valence-corrected chi connectivity index (χ2v) is 5.23. The molecular formula is C19H14N2O2. The maximum absolute atomic E-state index is 12.1. The molecule has 0 saturated heterocycles. The van der Waals surface area contributed by atoms with Gasteiger partial charge in [-0.15, -0.1) is 0 Å². The second kappa shape index (κ2) is 5.25. The first-order chi connectivity index (χ1) is 11.3. The molecule has 0 N–H and O–H groups in total. The van der Waals surface area contributed by atoms with E-state index in [2.05, 4.69) is 21.7 Å². The normalized spacial score (nSPS) is 11.0. The van der Waals surface area contributed by atoms with E-state index < -0.39 is 5.97 Å². The van der Waals surface area contributed by atoms with Crippen LogP contribution in [-0.2, 0) is 4.74 Å². The number of ether oxygens (including phenoxy) is 1. The fraction of sp³-hybridized carbons (Fsp3) is 0.0526. The molecule has 4 aromatic rings. The Bertz CT molecular complexity index is 981. The molecule has 4 rings (SSSR count). The highest BCUT2D eigenvalue weighted by molar-refractivity contribution is 6.09. The van der Waals surface area contributed by atoms with Crippen molar-refractivity contribution in [1.29, 1.82) is 0 Å². The van der Waals surface area contributed by atoms with Crippen LogP contribution in [0.1, 0.15) is 10.5 Å². The molecule has 2 aromatic heterocycles. The summed E-state index contributed by atoms with van der Waals surface area (Å²) >= 11 is 0. The number of aromatic nitrogens is 2. The maximum Gasteiger partial charge on any atom is 0.358 e. The van der Waals surface area contributed by atoms with Gasteiger partial charge in [-0.25, -0.2) is 9.78 Å². The Morgan fingerprint density at radius 2 is 1.52 bits per heavy atom. The first-order valence-corrected chi connectivity index (χ1v) is 7.33. The summed E-state index contributed by atoms with van der Waals surface area (Å²) in [6, 6.07) is 20.0. The van der Waals surface area contributed by atoms with Crippen molar-refractivity contribution in [3.05, 3.63) is 72.6 Å². The van der Waals surface area contributed by atoms with Gasteiger partial charge in [0.25, 0.3) is 0 Å². The van der Waals surface area contributed by atoms with Crippen LogP contribution in [-0.4, -0.2) is 22.6 Å². The van der Waals surface area contributed by atoms with Gasteiger partial charge in [0.1, 0.15) is 0 Å². The number of hydrogen-bond donors (Lipinski definition) is 0. The van der Waals surface area contributed by atoms with Gasteiger partial charge in [-0.05, 0) is 24.3 Å². The third kappa shape index (κ3) is 1.99. The summed E-state index contributed by atoms with van der Waals surface area (Å²) in [6.07, 6.45) is 1.60. The van der Waals surface area contributed by atoms with E-state index >= 15 is 0 Å². The summed E-state index contributed by atoms with van der Waals surface area (Å²) in [7, 11) is 1.37. The van der Waals surface area contributed by atoms with Crippen molar-refractivity contribution in [1.82, 2.24) is 9.55 Å². The van der Waals surface area contributed by atoms with Gasteiger partial charge in [-0.3, -0.25) is 0 Å². The van der Waals surface area contributed by atoms with E-state index in [9.17, 15) is 4.79 Å². The summed E-state index contributed by atoms with van der Waals surface area (Å²) in [4.78, 5) is 16.3. The smallest absolute Gasteiger partial charge is 0.358 e. The lowest BCUT2D eigenvalue weighted by Gasteiger charge is -2.11. The molecule has 0 bridgehead atoms. The van der Waals surface area contributed by atoms with E-state index in [0.717, 1.165) is 27.5 Å². The number of nitrogens with zero attached hydrogens (tertiary/aromatic N) is 2. The molecule has 4 heteroatoms. The Hall–Kier alpha value is -3.14. The van der Waals surface area contributed by atoms with E-state index in [0.29, 0.717) is 5.69 Å². The molecule has 0 atom stereocenters. The highest BCUT2D eigenvalue weighted by atomic mass is 16.5. The Morgan fingerprint density at radius 3 is 2.13 bits per heavy atom. The van der Waals surface area contributed by atoms with Gasteiger partial charge in [-0.2, -0.15) is 0 Å². The number of para-hydroxylation sites is 2. The summed E-state index contributed by atoms with van der Waals surface area (Å²) in [5, 5.41) is 2.28. The summed E-state index contributed by atoms with van der Waals surface area (Å²) in [5.74, 6) is -0.442. The number of rotatable bonds is 2. The standard InChI is InChI=1S/C19H14N2O2/c1-23-19(22)18-17(11-6-12-20-18)21-15-9-4-2-7-13(15)14-8-3-5-10-16(14)21/h2-12H,1H3. The topological polar surface area (TPSA) is 44.1 Å². The Kier molecular flexibility index (Phi) is 3.08. The number of esters is 1. The SMILES string of the molecule is COC(=O)c1ncccc1-n1c2ccccc2c2ccccc21. The number of carbonyl (C=O) groups is 1. The van der Waals surface area contributed by atoms with Crippen LogP contribution in [0.25, 0.3) is 27.5 Å². The molecule has 0 amide bonds. The third-order valence-electron chi connectivity index (χ3n) is 3.99. The van der Waals surface area contributed by atoms with Gasteiger partial charge in [-0.1, -0.05) is 36.4 Å². The average Bonchev–Trinajstić information content (AvgIpc) is 2.95. The number of fused-ring (bicyclic) bond motifs is 3. The summed E-state index contributed by atoms with van der Waals surface area (Å²) < 4.78 is 6.94. The van der Waals surface area contributed by atoms with Crippen LogP contribution in [0.3, 0.4) is 0 Å². The van der Waals surface area contributed by atoms with Crippen molar-refractivity contribution in [2.75, 3.05) is 7.11 Å². The quantitative estimate of drug-likeness (QED) is 0.526. The summed E-state index contributed by atoms with van der Waals surface area (Å²) in [5.41, 5.74) is 3.09. The minimum atomic E-state index is -0.442. The van der Waals surface area contributed by atoms with Gasteiger partial charge >= 0.3 is 5.97 Å². The zero-order valence-corrected chi connectivity index (χ0v) is 12.6. The van der Waals surface area contributed by atoms with Crippen LogP contribution >= 0.6 is 0 Å². The van der Waals surface area contributed by atoms with Crippen LogP contribution in [0, 0.1) is 0 Å². The first-order valence-electron chi connectivity index (χ1n) is 7.33. The van der Waals surface area contributed by atoms with Crippen molar-refractivity contribution in [2.24, 2.45) is 0 Å². The molecule has 0 aliphatic carbocycles. The molecule has 0 spiro atoms. The van der Waals surface area contributed by atoms with E-state index in [4.69, 9.17) is 4.74 Å². The second-order valence-electron chi connectivity index (χ2n) is 5.23. The number of carbonyl (C=O) groups excluding carboxylic acids is 1. The lowest BCUT2D eigenvalue weighted by Crippen LogP contribution is -2.10. The zero-order chi connectivity index (χ0) is 15.8. The minimum Gasteiger partial charge on any atom is -0.464 e. The zero-order valence-electron chi connectivity index (χ0n) is 12.6. The molecule has 2 aromatic carbocycles. The molecule has 0 aliphatic rings. The monoisotopic (exact) mass is 302 g/mol. The number of benzene rings is 2. The molecule has 0 unspecified atom stereocenters. The van der Waals surface area contributed by atoms with E-state index in [-0.39, 0.29) is 0 Å². The van der Waals surface area contributed by atoms with E-state index in [1.165, 1.54) is 7.11 Å². The third-order valence-corrected chi connectivity index (χ3v) is 3.99. The van der Waals surface area contributed by atoms with Crippen LogP contribution < -0.4 is 0 Å². The van der Waals surface area contributed by atoms with Crippen LogP contribution in [0.5, 0.6) is 0 Å². The molecule has 0 saturated carbocycles. The molecule has 0 fully saturated rings. The Morgan fingerprint density at radius 1 is 0.913 bits per heavy atom. The first kappa shape index (κ1) is 13.5. The van der Waals surface area contributed by atoms with E-state index in [1.54, 1.807) is 6.20 Å². The lowest BCUT2D eigenvalue weighted by atomic mass is 10.2. The molecular weight excluding hydrogens is 288 g/mol. The van der Waals surface area contributed by atoms with Crippen molar-refractivity contribution >= 4 is 27.8 Å². The van der Waals surface area contributed by atoms with Crippen molar-refractivity contribution in [3.8, 4) is 5.69 Å². The van der Waals surface area contributed by atoms with E-state index in [1.807, 2.05) is 48.5 Å².